The fourth-order valence-corrected chi connectivity index (χ4v) is 0. The van der Waals surface area contributed by atoms with E-state index in [-0.39, 0.29) is 0 Å². The van der Waals surface area contributed by atoms with E-state index < -0.39 is 3.94 Å². The molecular weight excluding hydrogens is 125 g/mol. The second kappa shape index (κ2) is 1.26. The van der Waals surface area contributed by atoms with E-state index in [4.69, 9.17) is 10.1 Å². The van der Waals surface area contributed by atoms with Gasteiger partial charge < -0.3 is 0 Å². The third kappa shape index (κ3) is 250. The summed E-state index contributed by atoms with van der Waals surface area (Å²) in [6.45, 7) is 0. The normalized spacial score (nSPS) is 6.25. The van der Waals surface area contributed by atoms with Crippen molar-refractivity contribution in [3.63, 3.8) is 0 Å². The van der Waals surface area contributed by atoms with Crippen molar-refractivity contribution in [1.82, 2.24) is 0 Å². The van der Waals surface area contributed by atoms with Gasteiger partial charge in [-0.15, -0.1) is 0 Å². The Bertz CT molecular complexity index is 29.0. The zero-order valence-corrected chi connectivity index (χ0v) is 3.59. The number of nitro groups is 1. The number of nitrogens with zero attached hydrogens (tertiary/aromatic N) is 1. The van der Waals surface area contributed by atoms with Gasteiger partial charge in [-0.05, 0) is 0 Å². The van der Waals surface area contributed by atoms with Crippen molar-refractivity contribution < 1.29 is 3.94 Å². The Balaban J connectivity index is 2.80. The first-order valence-electron chi connectivity index (χ1n) is 0.565. The molecule has 0 aromatic rings. The monoisotopic (exact) mass is 127 g/mol. The van der Waals surface area contributed by atoms with Crippen LogP contribution in [0, 0.1) is 10.1 Å². The molecule has 0 fully saturated rings. The van der Waals surface area contributed by atoms with E-state index in [0.29, 0.717) is 0 Å². The Kier molecular flexibility index (Phi) is 1.24. The zero-order chi connectivity index (χ0) is 3.58. The van der Waals surface area contributed by atoms with Gasteiger partial charge >= 0.3 is 30.3 Å². The molecule has 0 heterocycles. The predicted molar refractivity (Wildman–Crippen MR) is 14.1 cm³/mol. The fourth-order valence-electron chi connectivity index (χ4n) is 0. The minimum absolute atomic E-state index is 0.562. The van der Waals surface area contributed by atoms with Crippen LogP contribution >= 0.6 is 0 Å². The number of rotatable bonds is 0. The molecule has 0 amide bonds. The Morgan fingerprint density at radius 3 is 2.00 bits per heavy atom. The fraction of sp³-hybridized carbons (Fsp3) is 0. The first-order valence-corrected chi connectivity index (χ1v) is 1.40. The molecule has 4 heavy (non-hydrogen) atoms. The summed E-state index contributed by atoms with van der Waals surface area (Å²) in [7, 11) is 0. The molecule has 0 rings (SSSR count). The van der Waals surface area contributed by atoms with Gasteiger partial charge in [-0.1, -0.05) is 0 Å². The molecule has 4 heteroatoms. The van der Waals surface area contributed by atoms with Crippen LogP contribution in [0.1, 0.15) is 0 Å². The van der Waals surface area contributed by atoms with Gasteiger partial charge in [0.1, 0.15) is 0 Å². The SMILES string of the molecule is O=[N+]([O-])[SeH]. The Labute approximate surface area is 31.2 Å². The van der Waals surface area contributed by atoms with Crippen LogP contribution in [0.2, 0.25) is 0 Å². The Morgan fingerprint density at radius 1 is 2.00 bits per heavy atom. The van der Waals surface area contributed by atoms with Crippen LogP contribution in [0.5, 0.6) is 0 Å². The Hall–Kier alpha value is -0.0805. The van der Waals surface area contributed by atoms with E-state index >= 15 is 0 Å². The molecule has 3 nitrogen and oxygen atoms in total. The van der Waals surface area contributed by atoms with Gasteiger partial charge in [0.15, 0.2) is 0 Å². The number of hydrogen-bond acceptors (Lipinski definition) is 2. The molecule has 0 spiro atoms. The molecule has 0 N–H and O–H groups in total. The first-order chi connectivity index (χ1) is 1.73. The molecule has 0 saturated heterocycles. The van der Waals surface area contributed by atoms with Gasteiger partial charge in [0.05, 0.1) is 0 Å². The summed E-state index contributed by atoms with van der Waals surface area (Å²) in [6, 6.07) is 0. The summed E-state index contributed by atoms with van der Waals surface area (Å²) >= 11 is 1.26. The molecular formula is HNO2Se. The summed E-state index contributed by atoms with van der Waals surface area (Å²) in [5, 5.41) is 8.78. The molecule has 0 atom stereocenters. The molecule has 0 aliphatic carbocycles. The molecule has 0 aliphatic rings. The minimum atomic E-state index is -0.562. The van der Waals surface area contributed by atoms with Crippen LogP contribution < -0.4 is 0 Å². The standard InChI is InChI=1S/HNO2Se/c2-1(3)4/h4H. The molecule has 0 unspecified atom stereocenters. The first kappa shape index (κ1) is 3.92. The summed E-state index contributed by atoms with van der Waals surface area (Å²) in [5.41, 5.74) is 0. The average Bonchev–Trinajstić information content (AvgIpc) is 0.811. The summed E-state index contributed by atoms with van der Waals surface area (Å²) < 4.78 is -0.562. The van der Waals surface area contributed by atoms with Crippen molar-refractivity contribution in [2.75, 3.05) is 0 Å². The second-order valence-electron chi connectivity index (χ2n) is 0.238. The van der Waals surface area contributed by atoms with Gasteiger partial charge in [0, 0.05) is 0 Å². The molecule has 0 bridgehead atoms. The topological polar surface area (TPSA) is 43.1 Å². The summed E-state index contributed by atoms with van der Waals surface area (Å²) in [5.74, 6) is 0. The van der Waals surface area contributed by atoms with Crippen LogP contribution in [-0.2, 0) is 0 Å². The quantitative estimate of drug-likeness (QED) is 0.239. The van der Waals surface area contributed by atoms with Gasteiger partial charge in [0.25, 0.3) is 0 Å². The third-order valence-corrected chi connectivity index (χ3v) is 0. The van der Waals surface area contributed by atoms with E-state index in [1.165, 1.54) is 16.2 Å². The summed E-state index contributed by atoms with van der Waals surface area (Å²) in [4.78, 5) is 8.78. The van der Waals surface area contributed by atoms with E-state index in [0.717, 1.165) is 0 Å². The second-order valence-corrected chi connectivity index (χ2v) is 0.923. The van der Waals surface area contributed by atoms with Gasteiger partial charge in [-0.25, -0.2) is 0 Å². The average molecular weight is 126 g/mol. The van der Waals surface area contributed by atoms with Crippen molar-refractivity contribution in [3.8, 4) is 0 Å². The van der Waals surface area contributed by atoms with Crippen LogP contribution in [0.25, 0.3) is 0 Å². The van der Waals surface area contributed by atoms with E-state index in [1.54, 1.807) is 0 Å². The maximum atomic E-state index is 8.78. The van der Waals surface area contributed by atoms with Gasteiger partial charge in [0.2, 0.25) is 0 Å². The van der Waals surface area contributed by atoms with E-state index in [9.17, 15) is 0 Å². The molecule has 0 aromatic heterocycles. The molecule has 0 aromatic carbocycles. The van der Waals surface area contributed by atoms with Crippen LogP contribution in [0.3, 0.4) is 0 Å². The number of hydrogen-bond donors (Lipinski definition) is 0. The Morgan fingerprint density at radius 2 is 2.00 bits per heavy atom. The molecule has 24 valence electrons. The van der Waals surface area contributed by atoms with E-state index in [2.05, 4.69) is 0 Å². The van der Waals surface area contributed by atoms with Crippen molar-refractivity contribution in [2.24, 2.45) is 0 Å². The van der Waals surface area contributed by atoms with Crippen LogP contribution in [0.15, 0.2) is 0 Å². The van der Waals surface area contributed by atoms with Gasteiger partial charge in [-0.2, -0.15) is 0 Å². The maximum absolute atomic E-state index is 8.78. The van der Waals surface area contributed by atoms with Crippen molar-refractivity contribution in [2.45, 2.75) is 0 Å². The van der Waals surface area contributed by atoms with Gasteiger partial charge in [-0.3, -0.25) is 0 Å². The van der Waals surface area contributed by atoms with Crippen molar-refractivity contribution in [1.29, 1.82) is 0 Å². The zero-order valence-electron chi connectivity index (χ0n) is 1.71. The molecule has 0 aliphatic heterocycles. The van der Waals surface area contributed by atoms with Crippen LogP contribution in [0.4, 0.5) is 0 Å². The molecule has 0 saturated carbocycles. The van der Waals surface area contributed by atoms with E-state index in [1.807, 2.05) is 0 Å². The van der Waals surface area contributed by atoms with Crippen LogP contribution in [-0.4, -0.2) is 20.2 Å². The van der Waals surface area contributed by atoms with Crippen molar-refractivity contribution >= 4 is 16.2 Å². The predicted octanol–water partition coefficient (Wildman–Crippen LogP) is -0.921. The van der Waals surface area contributed by atoms with Crippen molar-refractivity contribution in [3.05, 3.63) is 10.1 Å². The third-order valence-electron chi connectivity index (χ3n) is 0. The summed E-state index contributed by atoms with van der Waals surface area (Å²) in [6.07, 6.45) is 0. The molecule has 0 radical (unpaired) electrons.